The van der Waals surface area contributed by atoms with Gasteiger partial charge in [0.15, 0.2) is 0 Å². The summed E-state index contributed by atoms with van der Waals surface area (Å²) in [7, 11) is 0. The third-order valence-electron chi connectivity index (χ3n) is 2.70. The van der Waals surface area contributed by atoms with Crippen molar-refractivity contribution in [1.29, 1.82) is 0 Å². The lowest BCUT2D eigenvalue weighted by Gasteiger charge is -2.07. The van der Waals surface area contributed by atoms with E-state index >= 15 is 0 Å². The summed E-state index contributed by atoms with van der Waals surface area (Å²) in [5.74, 6) is -0.0815. The minimum absolute atomic E-state index is 0.0815. The van der Waals surface area contributed by atoms with Crippen molar-refractivity contribution in [2.75, 3.05) is 0 Å². The van der Waals surface area contributed by atoms with Gasteiger partial charge >= 0.3 is 0 Å². The SMILES string of the molecule is C=C(NC(C)=O)c1ccc(CCCCC)cc1. The number of carbonyl (C=O) groups is 1. The van der Waals surface area contributed by atoms with Crippen molar-refractivity contribution in [2.45, 2.75) is 39.5 Å². The van der Waals surface area contributed by atoms with Crippen LogP contribution in [0.15, 0.2) is 30.8 Å². The topological polar surface area (TPSA) is 29.1 Å². The van der Waals surface area contributed by atoms with Crippen molar-refractivity contribution in [3.63, 3.8) is 0 Å². The van der Waals surface area contributed by atoms with E-state index in [0.29, 0.717) is 5.70 Å². The number of rotatable bonds is 6. The molecule has 2 nitrogen and oxygen atoms in total. The first kappa shape index (κ1) is 13.5. The van der Waals surface area contributed by atoms with Gasteiger partial charge in [0.2, 0.25) is 5.91 Å². The van der Waals surface area contributed by atoms with Gasteiger partial charge in [-0.3, -0.25) is 4.79 Å². The lowest BCUT2D eigenvalue weighted by Crippen LogP contribution is -2.17. The van der Waals surface area contributed by atoms with Crippen LogP contribution in [0.3, 0.4) is 0 Å². The lowest BCUT2D eigenvalue weighted by atomic mass is 10.0. The summed E-state index contributed by atoms with van der Waals surface area (Å²) < 4.78 is 0. The summed E-state index contributed by atoms with van der Waals surface area (Å²) in [6, 6.07) is 8.25. The Hall–Kier alpha value is -1.57. The molecule has 0 spiro atoms. The minimum atomic E-state index is -0.0815. The van der Waals surface area contributed by atoms with Gasteiger partial charge in [-0.05, 0) is 24.0 Å². The highest BCUT2D eigenvalue weighted by Gasteiger charge is 2.00. The largest absolute Gasteiger partial charge is 0.326 e. The molecule has 0 aromatic heterocycles. The molecule has 0 aliphatic carbocycles. The fourth-order valence-electron chi connectivity index (χ4n) is 1.74. The molecule has 1 amide bonds. The van der Waals surface area contributed by atoms with E-state index in [-0.39, 0.29) is 5.91 Å². The first-order chi connectivity index (χ1) is 8.13. The maximum absolute atomic E-state index is 10.9. The van der Waals surface area contributed by atoms with Crippen molar-refractivity contribution in [1.82, 2.24) is 5.32 Å². The average Bonchev–Trinajstić information content (AvgIpc) is 2.29. The van der Waals surface area contributed by atoms with E-state index in [1.54, 1.807) is 0 Å². The zero-order chi connectivity index (χ0) is 12.7. The van der Waals surface area contributed by atoms with Crippen LogP contribution in [0.4, 0.5) is 0 Å². The standard InChI is InChI=1S/C15H21NO/c1-4-5-6-7-14-8-10-15(11-9-14)12(2)16-13(3)17/h8-11H,2,4-7H2,1,3H3,(H,16,17). The zero-order valence-electron chi connectivity index (χ0n) is 10.8. The van der Waals surface area contributed by atoms with Crippen LogP contribution in [0.2, 0.25) is 0 Å². The molecule has 0 atom stereocenters. The van der Waals surface area contributed by atoms with Crippen molar-refractivity contribution in [2.24, 2.45) is 0 Å². The molecule has 0 unspecified atom stereocenters. The number of nitrogens with one attached hydrogen (secondary N) is 1. The van der Waals surface area contributed by atoms with E-state index in [9.17, 15) is 4.79 Å². The predicted octanol–water partition coefficient (Wildman–Crippen LogP) is 3.53. The molecule has 0 heterocycles. The molecule has 1 rings (SSSR count). The van der Waals surface area contributed by atoms with Gasteiger partial charge in [0.25, 0.3) is 0 Å². The van der Waals surface area contributed by atoms with Crippen LogP contribution in [0, 0.1) is 0 Å². The summed E-state index contributed by atoms with van der Waals surface area (Å²) in [5, 5.41) is 2.70. The average molecular weight is 231 g/mol. The zero-order valence-corrected chi connectivity index (χ0v) is 10.8. The molecular weight excluding hydrogens is 210 g/mol. The van der Waals surface area contributed by atoms with E-state index in [1.807, 2.05) is 12.1 Å². The minimum Gasteiger partial charge on any atom is -0.326 e. The number of carbonyl (C=O) groups excluding carboxylic acids is 1. The number of unbranched alkanes of at least 4 members (excludes halogenated alkanes) is 2. The number of aryl methyl sites for hydroxylation is 1. The maximum Gasteiger partial charge on any atom is 0.221 e. The Morgan fingerprint density at radius 1 is 1.24 bits per heavy atom. The molecule has 0 fully saturated rings. The molecule has 1 aromatic rings. The summed E-state index contributed by atoms with van der Waals surface area (Å²) in [5.41, 5.74) is 2.98. The van der Waals surface area contributed by atoms with Crippen LogP contribution in [0.5, 0.6) is 0 Å². The Morgan fingerprint density at radius 2 is 1.88 bits per heavy atom. The van der Waals surface area contributed by atoms with Gasteiger partial charge in [-0.1, -0.05) is 50.6 Å². The summed E-state index contributed by atoms with van der Waals surface area (Å²) in [6.45, 7) is 7.54. The van der Waals surface area contributed by atoms with E-state index in [0.717, 1.165) is 12.0 Å². The summed E-state index contributed by atoms with van der Waals surface area (Å²) in [4.78, 5) is 10.9. The van der Waals surface area contributed by atoms with Crippen molar-refractivity contribution < 1.29 is 4.79 Å². The third-order valence-corrected chi connectivity index (χ3v) is 2.70. The predicted molar refractivity (Wildman–Crippen MR) is 72.5 cm³/mol. The summed E-state index contributed by atoms with van der Waals surface area (Å²) >= 11 is 0. The molecule has 0 saturated heterocycles. The quantitative estimate of drug-likeness (QED) is 0.746. The first-order valence-corrected chi connectivity index (χ1v) is 6.19. The number of amides is 1. The van der Waals surface area contributed by atoms with Gasteiger partial charge in [-0.2, -0.15) is 0 Å². The van der Waals surface area contributed by atoms with Gasteiger partial charge in [0, 0.05) is 12.6 Å². The molecule has 0 aliphatic heterocycles. The second-order valence-electron chi connectivity index (χ2n) is 4.31. The van der Waals surface area contributed by atoms with Crippen LogP contribution in [-0.4, -0.2) is 5.91 Å². The van der Waals surface area contributed by atoms with Crippen molar-refractivity contribution in [3.8, 4) is 0 Å². The summed E-state index contributed by atoms with van der Waals surface area (Å²) in [6.07, 6.45) is 4.89. The van der Waals surface area contributed by atoms with Crippen molar-refractivity contribution in [3.05, 3.63) is 42.0 Å². The molecule has 17 heavy (non-hydrogen) atoms. The van der Waals surface area contributed by atoms with Crippen LogP contribution < -0.4 is 5.32 Å². The molecule has 1 N–H and O–H groups in total. The van der Waals surface area contributed by atoms with Gasteiger partial charge in [0.1, 0.15) is 0 Å². The molecule has 2 heteroatoms. The molecule has 1 aromatic carbocycles. The van der Waals surface area contributed by atoms with Crippen molar-refractivity contribution >= 4 is 11.6 Å². The van der Waals surface area contributed by atoms with E-state index in [1.165, 1.54) is 31.7 Å². The molecule has 0 bridgehead atoms. The molecule has 0 saturated carbocycles. The van der Waals surface area contributed by atoms with E-state index in [4.69, 9.17) is 0 Å². The Balaban J connectivity index is 2.55. The molecule has 92 valence electrons. The fraction of sp³-hybridized carbons (Fsp3) is 0.400. The molecule has 0 aliphatic rings. The second kappa shape index (κ2) is 6.89. The van der Waals surface area contributed by atoms with Gasteiger partial charge < -0.3 is 5.32 Å². The second-order valence-corrected chi connectivity index (χ2v) is 4.31. The number of hydrogen-bond donors (Lipinski definition) is 1. The molecular formula is C15H21NO. The van der Waals surface area contributed by atoms with Crippen LogP contribution in [0.25, 0.3) is 5.70 Å². The number of hydrogen-bond acceptors (Lipinski definition) is 1. The van der Waals surface area contributed by atoms with E-state index < -0.39 is 0 Å². The Labute approximate surface area is 104 Å². The highest BCUT2D eigenvalue weighted by atomic mass is 16.1. The van der Waals surface area contributed by atoms with Gasteiger partial charge in [-0.15, -0.1) is 0 Å². The smallest absolute Gasteiger partial charge is 0.221 e. The van der Waals surface area contributed by atoms with Gasteiger partial charge in [-0.25, -0.2) is 0 Å². The fourth-order valence-corrected chi connectivity index (χ4v) is 1.74. The first-order valence-electron chi connectivity index (χ1n) is 6.19. The molecule has 0 radical (unpaired) electrons. The van der Waals surface area contributed by atoms with Crippen LogP contribution in [0.1, 0.15) is 44.2 Å². The van der Waals surface area contributed by atoms with E-state index in [2.05, 4.69) is 31.0 Å². The Bertz CT molecular complexity index is 378. The normalized spacial score (nSPS) is 10.0. The maximum atomic E-state index is 10.9. The Morgan fingerprint density at radius 3 is 2.41 bits per heavy atom. The lowest BCUT2D eigenvalue weighted by molar-refractivity contribution is -0.117. The monoisotopic (exact) mass is 231 g/mol. The third kappa shape index (κ3) is 4.85. The van der Waals surface area contributed by atoms with Gasteiger partial charge in [0.05, 0.1) is 0 Å². The number of benzene rings is 1. The Kier molecular flexibility index (Phi) is 5.47. The highest BCUT2D eigenvalue weighted by Crippen LogP contribution is 2.13. The van der Waals surface area contributed by atoms with Crippen LogP contribution >= 0.6 is 0 Å². The van der Waals surface area contributed by atoms with Crippen LogP contribution in [-0.2, 0) is 11.2 Å². The highest BCUT2D eigenvalue weighted by molar-refractivity contribution is 5.84.